The Bertz CT molecular complexity index is 1270. The summed E-state index contributed by atoms with van der Waals surface area (Å²) in [6.07, 6.45) is 0. The van der Waals surface area contributed by atoms with Crippen LogP contribution in [0.15, 0.2) is 93.7 Å². The van der Waals surface area contributed by atoms with Gasteiger partial charge in [-0.2, -0.15) is 0 Å². The van der Waals surface area contributed by atoms with Gasteiger partial charge in [0.2, 0.25) is 0 Å². The van der Waals surface area contributed by atoms with Crippen molar-refractivity contribution in [1.82, 2.24) is 10.4 Å². The Morgan fingerprint density at radius 1 is 0.903 bits per heavy atom. The lowest BCUT2D eigenvalue weighted by atomic mass is 10.2. The van der Waals surface area contributed by atoms with E-state index in [-0.39, 0.29) is 0 Å². The van der Waals surface area contributed by atoms with Gasteiger partial charge in [0, 0.05) is 10.8 Å². The Morgan fingerprint density at radius 2 is 1.71 bits per heavy atom. The van der Waals surface area contributed by atoms with Crippen LogP contribution in [0.4, 0.5) is 5.69 Å². The molecule has 0 aliphatic carbocycles. The number of halogens is 2. The van der Waals surface area contributed by atoms with Gasteiger partial charge in [0.25, 0.3) is 0 Å². The van der Waals surface area contributed by atoms with Gasteiger partial charge in [-0.05, 0) is 35.9 Å². The van der Waals surface area contributed by atoms with Crippen LogP contribution in [0.2, 0.25) is 10.0 Å². The number of benzene rings is 3. The van der Waals surface area contributed by atoms with E-state index in [0.29, 0.717) is 16.6 Å². The highest BCUT2D eigenvalue weighted by Gasteiger charge is 2.22. The molecule has 1 aromatic heterocycles. The molecule has 3 aromatic carbocycles. The van der Waals surface area contributed by atoms with E-state index in [4.69, 9.17) is 32.6 Å². The highest BCUT2D eigenvalue weighted by molar-refractivity contribution is 8.16. The molecule has 0 amide bonds. The molecule has 7 heteroatoms. The second kappa shape index (κ2) is 8.71. The summed E-state index contributed by atoms with van der Waals surface area (Å²) in [6.45, 7) is 0.631. The van der Waals surface area contributed by atoms with E-state index < -0.39 is 0 Å². The third-order valence-electron chi connectivity index (χ3n) is 4.77. The van der Waals surface area contributed by atoms with Gasteiger partial charge in [-0.1, -0.05) is 83.5 Å². The number of nitrogens with one attached hydrogen (secondary N) is 1. The average molecular weight is 466 g/mol. The van der Waals surface area contributed by atoms with Crippen LogP contribution in [0.1, 0.15) is 11.3 Å². The summed E-state index contributed by atoms with van der Waals surface area (Å²) in [7, 11) is 0. The SMILES string of the molecule is Clc1ccc(N=C2SC=C(c3cc4ccccc4o3)NN2Cc2ccccc2)cc1Cl. The second-order valence-electron chi connectivity index (χ2n) is 6.97. The lowest BCUT2D eigenvalue weighted by Crippen LogP contribution is -2.41. The summed E-state index contributed by atoms with van der Waals surface area (Å²) in [4.78, 5) is 4.79. The zero-order chi connectivity index (χ0) is 21.2. The second-order valence-corrected chi connectivity index (χ2v) is 8.63. The fraction of sp³-hybridized carbons (Fsp3) is 0.0417. The fourth-order valence-electron chi connectivity index (χ4n) is 3.25. The molecule has 0 atom stereocenters. The minimum absolute atomic E-state index is 0.477. The van der Waals surface area contributed by atoms with Crippen molar-refractivity contribution in [1.29, 1.82) is 0 Å². The number of para-hydroxylation sites is 1. The smallest absolute Gasteiger partial charge is 0.187 e. The molecule has 4 aromatic rings. The fourth-order valence-corrected chi connectivity index (χ4v) is 4.33. The average Bonchev–Trinajstić information content (AvgIpc) is 3.22. The van der Waals surface area contributed by atoms with Crippen molar-refractivity contribution in [2.45, 2.75) is 6.54 Å². The van der Waals surface area contributed by atoms with Gasteiger partial charge in [0.15, 0.2) is 10.9 Å². The Morgan fingerprint density at radius 3 is 2.52 bits per heavy atom. The van der Waals surface area contributed by atoms with Crippen molar-refractivity contribution in [3.63, 3.8) is 0 Å². The first kappa shape index (κ1) is 20.1. The molecular formula is C24H17Cl2N3OS. The third-order valence-corrected chi connectivity index (χ3v) is 6.39. The maximum absolute atomic E-state index is 6.18. The number of rotatable bonds is 4. The van der Waals surface area contributed by atoms with Crippen molar-refractivity contribution >= 4 is 62.5 Å². The molecular weight excluding hydrogens is 449 g/mol. The van der Waals surface area contributed by atoms with Crippen molar-refractivity contribution in [2.24, 2.45) is 4.99 Å². The van der Waals surface area contributed by atoms with E-state index >= 15 is 0 Å². The van der Waals surface area contributed by atoms with Gasteiger partial charge in [-0.25, -0.2) is 4.99 Å². The molecule has 1 aliphatic rings. The molecule has 0 saturated heterocycles. The van der Waals surface area contributed by atoms with E-state index in [0.717, 1.165) is 38.8 Å². The first-order chi connectivity index (χ1) is 15.2. The molecule has 4 nitrogen and oxygen atoms in total. The summed E-state index contributed by atoms with van der Waals surface area (Å²) in [5.41, 5.74) is 7.09. The molecule has 31 heavy (non-hydrogen) atoms. The highest BCUT2D eigenvalue weighted by Crippen LogP contribution is 2.32. The van der Waals surface area contributed by atoms with Crippen LogP contribution in [0, 0.1) is 0 Å². The van der Waals surface area contributed by atoms with Gasteiger partial charge >= 0.3 is 0 Å². The number of thioether (sulfide) groups is 1. The maximum atomic E-state index is 6.18. The Hall–Kier alpha value is -2.86. The molecule has 0 fully saturated rings. The first-order valence-electron chi connectivity index (χ1n) is 9.63. The van der Waals surface area contributed by atoms with Crippen LogP contribution < -0.4 is 5.43 Å². The van der Waals surface area contributed by atoms with E-state index in [1.165, 1.54) is 11.8 Å². The first-order valence-corrected chi connectivity index (χ1v) is 11.3. The molecule has 0 spiro atoms. The predicted molar refractivity (Wildman–Crippen MR) is 130 cm³/mol. The van der Waals surface area contributed by atoms with Crippen LogP contribution in [0.5, 0.6) is 0 Å². The van der Waals surface area contributed by atoms with Crippen molar-refractivity contribution in [3.05, 3.63) is 106 Å². The maximum Gasteiger partial charge on any atom is 0.187 e. The number of hydrogen-bond acceptors (Lipinski definition) is 4. The molecule has 5 rings (SSSR count). The van der Waals surface area contributed by atoms with Crippen LogP contribution in [0.3, 0.4) is 0 Å². The quantitative estimate of drug-likeness (QED) is 0.339. The normalized spacial score (nSPS) is 15.2. The van der Waals surface area contributed by atoms with Crippen LogP contribution in [-0.2, 0) is 6.54 Å². The van der Waals surface area contributed by atoms with Crippen molar-refractivity contribution in [2.75, 3.05) is 0 Å². The number of nitrogens with zero attached hydrogens (tertiary/aromatic N) is 2. The molecule has 0 bridgehead atoms. The molecule has 0 radical (unpaired) electrons. The Kier molecular flexibility index (Phi) is 5.64. The van der Waals surface area contributed by atoms with Crippen LogP contribution in [0.25, 0.3) is 16.7 Å². The van der Waals surface area contributed by atoms with Gasteiger partial charge in [0.1, 0.15) is 11.3 Å². The topological polar surface area (TPSA) is 40.8 Å². The summed E-state index contributed by atoms with van der Waals surface area (Å²) in [5.74, 6) is 0.778. The number of fused-ring (bicyclic) bond motifs is 1. The lowest BCUT2D eigenvalue weighted by Gasteiger charge is -2.30. The Balaban J connectivity index is 1.50. The van der Waals surface area contributed by atoms with E-state index in [1.807, 2.05) is 65.0 Å². The zero-order valence-electron chi connectivity index (χ0n) is 16.3. The van der Waals surface area contributed by atoms with Gasteiger partial charge < -0.3 is 4.42 Å². The lowest BCUT2D eigenvalue weighted by molar-refractivity contribution is 0.361. The number of aliphatic imine (C=N–C) groups is 1. The molecule has 1 N–H and O–H groups in total. The molecule has 154 valence electrons. The third kappa shape index (κ3) is 4.44. The number of hydrogen-bond donors (Lipinski definition) is 1. The minimum atomic E-state index is 0.477. The van der Waals surface area contributed by atoms with E-state index in [9.17, 15) is 0 Å². The summed E-state index contributed by atoms with van der Waals surface area (Å²) < 4.78 is 6.05. The van der Waals surface area contributed by atoms with Crippen molar-refractivity contribution in [3.8, 4) is 0 Å². The molecule has 0 saturated carbocycles. The monoisotopic (exact) mass is 465 g/mol. The van der Waals surface area contributed by atoms with Crippen molar-refractivity contribution < 1.29 is 4.42 Å². The molecule has 0 unspecified atom stereocenters. The van der Waals surface area contributed by atoms with Crippen LogP contribution >= 0.6 is 35.0 Å². The Labute approximate surface area is 194 Å². The predicted octanol–water partition coefficient (Wildman–Crippen LogP) is 7.48. The number of furan rings is 1. The summed E-state index contributed by atoms with van der Waals surface area (Å²) in [6, 6.07) is 25.6. The van der Waals surface area contributed by atoms with Gasteiger partial charge in [0.05, 0.1) is 22.3 Å². The summed E-state index contributed by atoms with van der Waals surface area (Å²) >= 11 is 13.8. The standard InChI is InChI=1S/C24H17Cl2N3OS/c25-19-11-10-18(13-20(19)26)27-24-29(14-16-6-2-1-3-7-16)28-21(15-31-24)23-12-17-8-4-5-9-22(17)30-23/h1-13,15,28H,14H2. The zero-order valence-corrected chi connectivity index (χ0v) is 18.6. The molecule has 1 aliphatic heterocycles. The van der Waals surface area contributed by atoms with Gasteiger partial charge in [-0.3, -0.25) is 10.4 Å². The largest absolute Gasteiger partial charge is 0.454 e. The van der Waals surface area contributed by atoms with Gasteiger partial charge in [-0.15, -0.1) is 0 Å². The van der Waals surface area contributed by atoms with Crippen LogP contribution in [-0.4, -0.2) is 10.2 Å². The minimum Gasteiger partial charge on any atom is -0.454 e. The van der Waals surface area contributed by atoms with E-state index in [2.05, 4.69) is 17.6 Å². The summed E-state index contributed by atoms with van der Waals surface area (Å²) in [5, 5.41) is 6.86. The van der Waals surface area contributed by atoms with E-state index in [1.54, 1.807) is 12.1 Å². The molecule has 2 heterocycles. The number of amidine groups is 1. The number of hydrazine groups is 1. The highest BCUT2D eigenvalue weighted by atomic mass is 35.5.